The van der Waals surface area contributed by atoms with E-state index in [1.165, 1.54) is 25.7 Å². The van der Waals surface area contributed by atoms with E-state index >= 15 is 0 Å². The third-order valence-corrected chi connectivity index (χ3v) is 5.85. The minimum absolute atomic E-state index is 0.00502. The number of esters is 1. The van der Waals surface area contributed by atoms with E-state index in [2.05, 4.69) is 6.92 Å². The Labute approximate surface area is 135 Å². The Morgan fingerprint density at radius 2 is 1.59 bits per heavy atom. The number of hydrogen-bond donors (Lipinski definition) is 1. The van der Waals surface area contributed by atoms with Crippen molar-refractivity contribution in [3.63, 3.8) is 0 Å². The van der Waals surface area contributed by atoms with Crippen LogP contribution in [0.5, 0.6) is 0 Å². The Morgan fingerprint density at radius 3 is 2.14 bits per heavy atom. The number of rotatable bonds is 6. The zero-order valence-electron chi connectivity index (χ0n) is 14.4. The Kier molecular flexibility index (Phi) is 7.20. The number of carbonyl (C=O) groups is 1. The summed E-state index contributed by atoms with van der Waals surface area (Å²) in [7, 11) is 0. The molecular formula is C19H34O3. The zero-order chi connectivity index (χ0) is 15.9. The number of aliphatic hydroxyl groups excluding tert-OH is 1. The molecule has 0 aliphatic heterocycles. The Morgan fingerprint density at radius 1 is 1.05 bits per heavy atom. The van der Waals surface area contributed by atoms with E-state index in [4.69, 9.17) is 4.74 Å². The van der Waals surface area contributed by atoms with Crippen molar-refractivity contribution in [2.24, 2.45) is 17.8 Å². The molecule has 3 atom stereocenters. The van der Waals surface area contributed by atoms with Crippen molar-refractivity contribution in [2.45, 2.75) is 96.7 Å². The summed E-state index contributed by atoms with van der Waals surface area (Å²) in [5.41, 5.74) is 0. The summed E-state index contributed by atoms with van der Waals surface area (Å²) in [6.45, 7) is 4.06. The van der Waals surface area contributed by atoms with E-state index in [-0.39, 0.29) is 30.0 Å². The molecule has 2 saturated carbocycles. The molecule has 0 heterocycles. The van der Waals surface area contributed by atoms with Crippen molar-refractivity contribution in [1.29, 1.82) is 0 Å². The SMILES string of the molecule is CC[C@H](O)[C@@H](C)[C@@H](OC(=O)C1CCCCC1)C1CCCCC1. The van der Waals surface area contributed by atoms with E-state index in [1.54, 1.807) is 0 Å². The summed E-state index contributed by atoms with van der Waals surface area (Å²) in [4.78, 5) is 12.6. The molecule has 2 fully saturated rings. The minimum Gasteiger partial charge on any atom is -0.461 e. The number of carbonyl (C=O) groups excluding carboxylic acids is 1. The Hall–Kier alpha value is -0.570. The standard InChI is InChI=1S/C19H34O3/c1-3-17(20)14(2)18(15-10-6-4-7-11-15)22-19(21)16-12-8-5-9-13-16/h14-18,20H,3-13H2,1-2H3/t14-,17+,18-/m1/s1. The highest BCUT2D eigenvalue weighted by Gasteiger charge is 2.36. The molecule has 0 aromatic rings. The first-order valence-corrected chi connectivity index (χ1v) is 9.52. The van der Waals surface area contributed by atoms with Crippen LogP contribution in [0.1, 0.15) is 84.5 Å². The predicted molar refractivity (Wildman–Crippen MR) is 88.5 cm³/mol. The molecule has 0 bridgehead atoms. The molecule has 0 spiro atoms. The number of aliphatic hydroxyl groups is 1. The van der Waals surface area contributed by atoms with Gasteiger partial charge >= 0.3 is 5.97 Å². The molecule has 0 saturated heterocycles. The maximum Gasteiger partial charge on any atom is 0.309 e. The molecule has 22 heavy (non-hydrogen) atoms. The van der Waals surface area contributed by atoms with Gasteiger partial charge in [0, 0.05) is 5.92 Å². The van der Waals surface area contributed by atoms with E-state index in [0.29, 0.717) is 5.92 Å². The van der Waals surface area contributed by atoms with Gasteiger partial charge in [-0.25, -0.2) is 0 Å². The molecule has 0 radical (unpaired) electrons. The molecule has 0 unspecified atom stereocenters. The van der Waals surface area contributed by atoms with Crippen LogP contribution in [0.25, 0.3) is 0 Å². The van der Waals surface area contributed by atoms with Gasteiger partial charge in [-0.1, -0.05) is 52.4 Å². The average Bonchev–Trinajstić information content (AvgIpc) is 2.59. The largest absolute Gasteiger partial charge is 0.461 e. The molecule has 3 nitrogen and oxygen atoms in total. The second-order valence-corrected chi connectivity index (χ2v) is 7.47. The van der Waals surface area contributed by atoms with E-state index in [9.17, 15) is 9.90 Å². The second-order valence-electron chi connectivity index (χ2n) is 7.47. The average molecular weight is 310 g/mol. The van der Waals surface area contributed by atoms with Crippen molar-refractivity contribution in [1.82, 2.24) is 0 Å². The van der Waals surface area contributed by atoms with E-state index in [0.717, 1.165) is 44.9 Å². The van der Waals surface area contributed by atoms with Crippen LogP contribution in [0.2, 0.25) is 0 Å². The van der Waals surface area contributed by atoms with Gasteiger partial charge < -0.3 is 9.84 Å². The lowest BCUT2D eigenvalue weighted by atomic mass is 9.78. The third kappa shape index (κ3) is 4.71. The van der Waals surface area contributed by atoms with Crippen LogP contribution in [0.15, 0.2) is 0 Å². The van der Waals surface area contributed by atoms with Gasteiger partial charge in [-0.15, -0.1) is 0 Å². The Bertz CT molecular complexity index is 328. The maximum atomic E-state index is 12.6. The summed E-state index contributed by atoms with van der Waals surface area (Å²) in [6.07, 6.45) is 11.8. The van der Waals surface area contributed by atoms with E-state index < -0.39 is 0 Å². The highest BCUT2D eigenvalue weighted by atomic mass is 16.5. The van der Waals surface area contributed by atoms with Crippen LogP contribution in [-0.4, -0.2) is 23.3 Å². The lowest BCUT2D eigenvalue weighted by Gasteiger charge is -2.36. The van der Waals surface area contributed by atoms with Crippen LogP contribution < -0.4 is 0 Å². The molecular weight excluding hydrogens is 276 g/mol. The number of hydrogen-bond acceptors (Lipinski definition) is 3. The van der Waals surface area contributed by atoms with Crippen molar-refractivity contribution >= 4 is 5.97 Å². The second kappa shape index (κ2) is 8.90. The van der Waals surface area contributed by atoms with Gasteiger partial charge in [-0.05, 0) is 38.0 Å². The molecule has 2 rings (SSSR count). The summed E-state index contributed by atoms with van der Waals surface area (Å²) in [5, 5.41) is 10.3. The van der Waals surface area contributed by atoms with Crippen LogP contribution in [0.4, 0.5) is 0 Å². The molecule has 128 valence electrons. The smallest absolute Gasteiger partial charge is 0.309 e. The Balaban J connectivity index is 2.00. The lowest BCUT2D eigenvalue weighted by molar-refractivity contribution is -0.165. The molecule has 0 aromatic carbocycles. The van der Waals surface area contributed by atoms with Crippen LogP contribution in [0, 0.1) is 17.8 Å². The van der Waals surface area contributed by atoms with Gasteiger partial charge in [0.2, 0.25) is 0 Å². The molecule has 2 aliphatic rings. The first-order valence-electron chi connectivity index (χ1n) is 9.52. The molecule has 1 N–H and O–H groups in total. The fourth-order valence-electron chi connectivity index (χ4n) is 4.25. The van der Waals surface area contributed by atoms with E-state index in [1.807, 2.05) is 6.92 Å². The molecule has 0 amide bonds. The summed E-state index contributed by atoms with van der Waals surface area (Å²) >= 11 is 0. The summed E-state index contributed by atoms with van der Waals surface area (Å²) < 4.78 is 6.02. The fraction of sp³-hybridized carbons (Fsp3) is 0.947. The van der Waals surface area contributed by atoms with Gasteiger partial charge in [0.15, 0.2) is 0 Å². The third-order valence-electron chi connectivity index (χ3n) is 5.85. The molecule has 3 heteroatoms. The first-order chi connectivity index (χ1) is 10.6. The molecule has 0 aromatic heterocycles. The van der Waals surface area contributed by atoms with Gasteiger partial charge in [0.25, 0.3) is 0 Å². The highest BCUT2D eigenvalue weighted by molar-refractivity contribution is 5.72. The van der Waals surface area contributed by atoms with Gasteiger partial charge in [0.1, 0.15) is 6.10 Å². The zero-order valence-corrected chi connectivity index (χ0v) is 14.4. The summed E-state index contributed by atoms with van der Waals surface area (Å²) in [6, 6.07) is 0. The van der Waals surface area contributed by atoms with Crippen molar-refractivity contribution in [3.8, 4) is 0 Å². The quantitative estimate of drug-likeness (QED) is 0.736. The van der Waals surface area contributed by atoms with Crippen LogP contribution >= 0.6 is 0 Å². The first kappa shape index (κ1) is 17.8. The van der Waals surface area contributed by atoms with Crippen LogP contribution in [0.3, 0.4) is 0 Å². The van der Waals surface area contributed by atoms with Crippen LogP contribution in [-0.2, 0) is 9.53 Å². The van der Waals surface area contributed by atoms with Crippen molar-refractivity contribution in [3.05, 3.63) is 0 Å². The predicted octanol–water partition coefficient (Wildman–Crippen LogP) is 4.47. The molecule has 2 aliphatic carbocycles. The van der Waals surface area contributed by atoms with Crippen molar-refractivity contribution < 1.29 is 14.6 Å². The van der Waals surface area contributed by atoms with Crippen molar-refractivity contribution in [2.75, 3.05) is 0 Å². The van der Waals surface area contributed by atoms with Gasteiger partial charge in [-0.2, -0.15) is 0 Å². The minimum atomic E-state index is -0.369. The van der Waals surface area contributed by atoms with Gasteiger partial charge in [-0.3, -0.25) is 4.79 Å². The fourth-order valence-corrected chi connectivity index (χ4v) is 4.25. The topological polar surface area (TPSA) is 46.5 Å². The number of ether oxygens (including phenoxy) is 1. The normalized spacial score (nSPS) is 25.4. The van der Waals surface area contributed by atoms with Gasteiger partial charge in [0.05, 0.1) is 12.0 Å². The highest BCUT2D eigenvalue weighted by Crippen LogP contribution is 2.34. The maximum absolute atomic E-state index is 12.6. The monoisotopic (exact) mass is 310 g/mol. The lowest BCUT2D eigenvalue weighted by Crippen LogP contribution is -2.40. The summed E-state index contributed by atoms with van der Waals surface area (Å²) in [5.74, 6) is 0.592.